The number of amides is 1. The number of ether oxygens (including phenoxy) is 1. The zero-order valence-electron chi connectivity index (χ0n) is 23.9. The molecule has 0 bridgehead atoms. The Hall–Kier alpha value is -3.73. The van der Waals surface area contributed by atoms with Crippen LogP contribution in [0.4, 0.5) is 24.5 Å². The van der Waals surface area contributed by atoms with Gasteiger partial charge in [0.15, 0.2) is 0 Å². The number of aromatic nitrogens is 2. The SMILES string of the molecule is CNC(=O)c1cc(OC)c(NCC#Cc2cc3c(N[C@@H]4CCN(C)CC45C[Si](N)C5)cccc3n2CC(F)(F)F)cn1. The van der Waals surface area contributed by atoms with Crippen LogP contribution in [-0.2, 0) is 6.54 Å². The second-order valence-electron chi connectivity index (χ2n) is 11.1. The number of piperidine rings is 1. The summed E-state index contributed by atoms with van der Waals surface area (Å²) in [5, 5.41) is 16.3. The third-order valence-electron chi connectivity index (χ3n) is 8.02. The number of carbonyl (C=O) groups excluding carboxylic acids is 1. The number of benzene rings is 1. The van der Waals surface area contributed by atoms with Gasteiger partial charge in [-0.25, -0.2) is 4.98 Å². The van der Waals surface area contributed by atoms with Crippen molar-refractivity contribution in [3.05, 3.63) is 47.9 Å². The van der Waals surface area contributed by atoms with Crippen molar-refractivity contribution in [2.24, 2.45) is 10.8 Å². The number of anilines is 2. The van der Waals surface area contributed by atoms with Crippen molar-refractivity contribution in [2.45, 2.75) is 37.3 Å². The molecule has 1 amide bonds. The molecule has 2 saturated heterocycles. The number of fused-ring (bicyclic) bond motifs is 1. The number of likely N-dealkylation sites (tertiary alicyclic amines) is 1. The van der Waals surface area contributed by atoms with Gasteiger partial charge >= 0.3 is 6.18 Å². The van der Waals surface area contributed by atoms with Crippen molar-refractivity contribution in [2.75, 3.05) is 51.5 Å². The quantitative estimate of drug-likeness (QED) is 0.244. The molecule has 1 spiro atoms. The van der Waals surface area contributed by atoms with Gasteiger partial charge in [0.05, 0.1) is 36.7 Å². The average Bonchev–Trinajstić information content (AvgIpc) is 3.27. The molecule has 0 aliphatic carbocycles. The third-order valence-corrected chi connectivity index (χ3v) is 10.3. The van der Waals surface area contributed by atoms with Gasteiger partial charge in [0.1, 0.15) is 26.9 Å². The molecule has 1 radical (unpaired) electrons. The fourth-order valence-corrected chi connectivity index (χ4v) is 8.56. The molecule has 1 aromatic carbocycles. The standard InChI is InChI=1S/C29H35F3N7O2Si/c1-34-27(40)22-13-25(41-3)23(14-36-22)35-10-5-6-19-12-20-21(7-4-8-24(20)39(19)16-29(30,31)32)37-26-9-11-38(2)15-28(26)17-42(33)18-28/h4,7-8,12-14,26,35,37H,9-11,15-18,33H2,1-3H3,(H,34,40)/t26-/m1/s1. The molecule has 2 fully saturated rings. The Kier molecular flexibility index (Phi) is 8.41. The highest BCUT2D eigenvalue weighted by molar-refractivity contribution is 6.59. The molecule has 0 saturated carbocycles. The van der Waals surface area contributed by atoms with Gasteiger partial charge in [-0.3, -0.25) is 4.79 Å². The molecule has 2 aliphatic rings. The normalized spacial score (nSPS) is 18.7. The fourth-order valence-electron chi connectivity index (χ4n) is 6.13. The number of pyridine rings is 1. The molecule has 5 rings (SSSR count). The summed E-state index contributed by atoms with van der Waals surface area (Å²) in [5.41, 5.74) is 2.37. The predicted octanol–water partition coefficient (Wildman–Crippen LogP) is 3.50. The Morgan fingerprint density at radius 1 is 1.29 bits per heavy atom. The minimum atomic E-state index is -4.42. The Morgan fingerprint density at radius 3 is 2.76 bits per heavy atom. The monoisotopic (exact) mass is 598 g/mol. The minimum Gasteiger partial charge on any atom is -0.494 e. The highest BCUT2D eigenvalue weighted by atomic mass is 28.3. The molecule has 42 heavy (non-hydrogen) atoms. The topological polar surface area (TPSA) is 109 Å². The highest BCUT2D eigenvalue weighted by Crippen LogP contribution is 2.48. The number of carbonyl (C=O) groups is 1. The maximum atomic E-state index is 13.7. The van der Waals surface area contributed by atoms with E-state index in [1.165, 1.54) is 31.0 Å². The molecule has 1 atom stereocenters. The highest BCUT2D eigenvalue weighted by Gasteiger charge is 2.51. The molecule has 4 heterocycles. The van der Waals surface area contributed by atoms with Crippen LogP contribution in [0, 0.1) is 17.3 Å². The van der Waals surface area contributed by atoms with E-state index in [1.54, 1.807) is 18.2 Å². The van der Waals surface area contributed by atoms with E-state index < -0.39 is 21.7 Å². The lowest BCUT2D eigenvalue weighted by molar-refractivity contribution is -0.140. The molecule has 9 nitrogen and oxygen atoms in total. The maximum absolute atomic E-state index is 13.7. The summed E-state index contributed by atoms with van der Waals surface area (Å²) in [4.78, 5) is 18.3. The molecule has 13 heteroatoms. The lowest BCUT2D eigenvalue weighted by atomic mass is 9.77. The number of methoxy groups -OCH3 is 1. The van der Waals surface area contributed by atoms with Gasteiger partial charge in [0, 0.05) is 42.2 Å². The molecule has 223 valence electrons. The van der Waals surface area contributed by atoms with E-state index in [-0.39, 0.29) is 35.3 Å². The summed E-state index contributed by atoms with van der Waals surface area (Å²) >= 11 is 0. The second-order valence-corrected chi connectivity index (χ2v) is 13.1. The van der Waals surface area contributed by atoms with Crippen molar-refractivity contribution in [1.82, 2.24) is 19.8 Å². The van der Waals surface area contributed by atoms with E-state index in [0.29, 0.717) is 22.3 Å². The van der Waals surface area contributed by atoms with Gasteiger partial charge in [-0.15, -0.1) is 0 Å². The second kappa shape index (κ2) is 11.9. The summed E-state index contributed by atoms with van der Waals surface area (Å²) in [6, 6.07) is 10.9. The van der Waals surface area contributed by atoms with E-state index in [9.17, 15) is 18.0 Å². The average molecular weight is 599 g/mol. The molecular formula is C29H35F3N7O2Si. The molecule has 5 N–H and O–H groups in total. The van der Waals surface area contributed by atoms with Gasteiger partial charge in [-0.2, -0.15) is 13.2 Å². The summed E-state index contributed by atoms with van der Waals surface area (Å²) < 4.78 is 47.6. The van der Waals surface area contributed by atoms with E-state index in [0.717, 1.165) is 37.3 Å². The van der Waals surface area contributed by atoms with Crippen molar-refractivity contribution >= 4 is 37.1 Å². The van der Waals surface area contributed by atoms with Crippen molar-refractivity contribution in [1.29, 1.82) is 0 Å². The number of nitrogens with one attached hydrogen (secondary N) is 3. The van der Waals surface area contributed by atoms with Crippen LogP contribution < -0.4 is 26.1 Å². The number of hydrogen-bond donors (Lipinski definition) is 4. The largest absolute Gasteiger partial charge is 0.494 e. The first-order chi connectivity index (χ1) is 20.0. The van der Waals surface area contributed by atoms with Crippen LogP contribution >= 0.6 is 0 Å². The maximum Gasteiger partial charge on any atom is 0.406 e. The fraction of sp³-hybridized carbons (Fsp3) is 0.448. The van der Waals surface area contributed by atoms with E-state index in [2.05, 4.69) is 44.7 Å². The van der Waals surface area contributed by atoms with E-state index >= 15 is 0 Å². The first-order valence-electron chi connectivity index (χ1n) is 13.7. The van der Waals surface area contributed by atoms with E-state index in [1.807, 2.05) is 6.07 Å². The number of nitrogens with zero attached hydrogens (tertiary/aromatic N) is 3. The Morgan fingerprint density at radius 2 is 2.07 bits per heavy atom. The van der Waals surface area contributed by atoms with Gasteiger partial charge in [-0.05, 0) is 56.2 Å². The van der Waals surface area contributed by atoms with Crippen LogP contribution in [0.25, 0.3) is 10.9 Å². The van der Waals surface area contributed by atoms with Crippen molar-refractivity contribution < 1.29 is 22.7 Å². The molecular weight excluding hydrogens is 563 g/mol. The molecule has 0 unspecified atom stereocenters. The van der Waals surface area contributed by atoms with Gasteiger partial charge in [0.25, 0.3) is 5.91 Å². The molecule has 2 aromatic heterocycles. The number of halogens is 3. The van der Waals surface area contributed by atoms with Crippen molar-refractivity contribution in [3.8, 4) is 17.6 Å². The minimum absolute atomic E-state index is 0.107. The Labute approximate surface area is 244 Å². The number of alkyl halides is 3. The van der Waals surface area contributed by atoms with E-state index in [4.69, 9.17) is 10.1 Å². The summed E-state index contributed by atoms with van der Waals surface area (Å²) in [7, 11) is 4.30. The van der Waals surface area contributed by atoms with Gasteiger partial charge in [0.2, 0.25) is 0 Å². The predicted molar refractivity (Wildman–Crippen MR) is 159 cm³/mol. The van der Waals surface area contributed by atoms with Crippen LogP contribution in [0.2, 0.25) is 12.1 Å². The van der Waals surface area contributed by atoms with Crippen LogP contribution in [-0.4, -0.2) is 82.4 Å². The summed E-state index contributed by atoms with van der Waals surface area (Å²) in [5.74, 6) is 5.91. The van der Waals surface area contributed by atoms with Gasteiger partial charge < -0.3 is 35.6 Å². The van der Waals surface area contributed by atoms with Crippen LogP contribution in [0.5, 0.6) is 5.75 Å². The molecule has 3 aromatic rings. The Bertz CT molecular complexity index is 1530. The van der Waals surface area contributed by atoms with Crippen LogP contribution in [0.15, 0.2) is 36.5 Å². The number of nitrogens with two attached hydrogens (primary N) is 1. The van der Waals surface area contributed by atoms with Crippen molar-refractivity contribution in [3.63, 3.8) is 0 Å². The van der Waals surface area contributed by atoms with Gasteiger partial charge in [-0.1, -0.05) is 12.0 Å². The Balaban J connectivity index is 1.41. The van der Waals surface area contributed by atoms with Crippen LogP contribution in [0.1, 0.15) is 22.6 Å². The smallest absolute Gasteiger partial charge is 0.406 e. The lowest BCUT2D eigenvalue weighted by Gasteiger charge is -2.55. The first kappa shape index (κ1) is 29.7. The zero-order valence-corrected chi connectivity index (χ0v) is 24.9. The number of rotatable bonds is 7. The summed E-state index contributed by atoms with van der Waals surface area (Å²) in [6.07, 6.45) is -2.01. The zero-order chi connectivity index (χ0) is 30.1. The molecule has 2 aliphatic heterocycles. The lowest BCUT2D eigenvalue weighted by Crippen LogP contribution is -2.63. The first-order valence-corrected chi connectivity index (χ1v) is 15.7. The van der Waals surface area contributed by atoms with Crippen LogP contribution in [0.3, 0.4) is 0 Å². The summed E-state index contributed by atoms with van der Waals surface area (Å²) in [6.45, 7) is 0.903. The third kappa shape index (κ3) is 6.20. The number of hydrogen-bond acceptors (Lipinski definition) is 7.